The van der Waals surface area contributed by atoms with E-state index in [1.54, 1.807) is 24.3 Å². The highest BCUT2D eigenvalue weighted by molar-refractivity contribution is 5.48. The lowest BCUT2D eigenvalue weighted by atomic mass is 10.0. The van der Waals surface area contributed by atoms with Gasteiger partial charge in [-0.15, -0.1) is 0 Å². The molecule has 5 nitrogen and oxygen atoms in total. The Balaban J connectivity index is 2.21. The molecule has 0 atom stereocenters. The van der Waals surface area contributed by atoms with E-state index in [9.17, 15) is 10.1 Å². The molecular weight excluding hydrogens is 773 g/mol. The highest BCUT2D eigenvalue weighted by atomic mass is 16.6. The van der Waals surface area contributed by atoms with Crippen LogP contribution in [0.25, 0.3) is 0 Å². The second kappa shape index (κ2) is 36.2. The lowest BCUT2D eigenvalue weighted by Gasteiger charge is -2.07. The zero-order valence-corrected chi connectivity index (χ0v) is 41.9. The van der Waals surface area contributed by atoms with Gasteiger partial charge in [0.15, 0.2) is 0 Å². The molecular formula is C58H90N2O3. The third-order valence-electron chi connectivity index (χ3n) is 11.9. The number of rotatable bonds is 34. The number of allylic oxidation sites excluding steroid dienone is 19. The first-order valence-corrected chi connectivity index (χ1v) is 24.3. The van der Waals surface area contributed by atoms with Crippen molar-refractivity contribution in [3.63, 3.8) is 0 Å². The Labute approximate surface area is 387 Å². The fraction of sp³-hybridized carbons (Fsp3) is 0.552. The predicted molar refractivity (Wildman–Crippen MR) is 279 cm³/mol. The number of nitrogens with one attached hydrogen (secondary N) is 1. The minimum atomic E-state index is -0.368. The summed E-state index contributed by atoms with van der Waals surface area (Å²) in [6.07, 6.45) is 46.0. The van der Waals surface area contributed by atoms with Gasteiger partial charge in [0, 0.05) is 24.4 Å². The summed E-state index contributed by atoms with van der Waals surface area (Å²) < 4.78 is 0. The minimum absolute atomic E-state index is 0.123. The predicted octanol–water partition coefficient (Wildman–Crippen LogP) is 18.3. The number of hydrogen-bond acceptors (Lipinski definition) is 4. The standard InChI is InChI=1S/C58H90N2O3/c1-47(21-11-22-48(2)24-13-26-50(4)28-15-30-52(6)32-17-34-54(8)36-19-38-56(10)44-46-61)23-12-25-49(3)27-14-29-51(5)31-16-33-53(7)35-18-37-55(9)39-20-45-59-57-40-42-58(43-41-57)60(62)63/h21,24-25,28-29,32-33,36-37,40-44,59,61H,11-20,22-23,26-27,30-31,34-35,38-39,45-46H2,1-10H3/b47-21-,48-24-,49-25-,50-28-,51-29+,52-32-,53-33+,54-36-,55-37+,56-44-. The number of aliphatic hydroxyl groups excluding tert-OH is 1. The number of aliphatic hydroxyl groups is 1. The molecule has 1 aromatic rings. The topological polar surface area (TPSA) is 75.4 Å². The van der Waals surface area contributed by atoms with E-state index in [-0.39, 0.29) is 17.2 Å². The van der Waals surface area contributed by atoms with Crippen molar-refractivity contribution in [1.82, 2.24) is 0 Å². The Bertz CT molecular complexity index is 1770. The van der Waals surface area contributed by atoms with Crippen LogP contribution in [0.4, 0.5) is 11.4 Å². The summed E-state index contributed by atoms with van der Waals surface area (Å²) in [4.78, 5) is 10.4. The van der Waals surface area contributed by atoms with Crippen LogP contribution in [0, 0.1) is 10.1 Å². The SMILES string of the molecule is C/C(=C/CO)CC/C=C(/C)CC/C=C(/C)CC/C=C(/C)CC/C=C(/C)CC/C=C(/C)CC/C=C(/C)CC/C=C(\C)CC/C=C(\C)CC/C=C(\C)CCCNc1ccc([N+](=O)[O-])cc1. The van der Waals surface area contributed by atoms with Crippen molar-refractivity contribution in [2.45, 2.75) is 198 Å². The fourth-order valence-electron chi connectivity index (χ4n) is 7.39. The first kappa shape index (κ1) is 56.8. The third kappa shape index (κ3) is 33.0. The van der Waals surface area contributed by atoms with E-state index in [2.05, 4.69) is 129 Å². The van der Waals surface area contributed by atoms with Crippen LogP contribution in [0.5, 0.6) is 0 Å². The van der Waals surface area contributed by atoms with Crippen LogP contribution in [0.15, 0.2) is 141 Å². The Morgan fingerprint density at radius 1 is 0.429 bits per heavy atom. The number of nitrogens with zero attached hydrogens (tertiary/aromatic N) is 1. The molecule has 5 heteroatoms. The Kier molecular flexibility index (Phi) is 32.6. The lowest BCUT2D eigenvalue weighted by Crippen LogP contribution is -2.01. The molecule has 350 valence electrons. The van der Waals surface area contributed by atoms with Crippen molar-refractivity contribution >= 4 is 11.4 Å². The van der Waals surface area contributed by atoms with Gasteiger partial charge < -0.3 is 10.4 Å². The first-order valence-electron chi connectivity index (χ1n) is 24.3. The van der Waals surface area contributed by atoms with E-state index in [0.717, 1.165) is 141 Å². The highest BCUT2D eigenvalue weighted by Gasteiger charge is 2.04. The molecule has 0 aliphatic heterocycles. The number of benzene rings is 1. The van der Waals surface area contributed by atoms with Crippen molar-refractivity contribution in [3.8, 4) is 0 Å². The Hall–Kier alpha value is -4.22. The van der Waals surface area contributed by atoms with Gasteiger partial charge in [-0.2, -0.15) is 0 Å². The van der Waals surface area contributed by atoms with Crippen LogP contribution in [-0.4, -0.2) is 23.2 Å². The van der Waals surface area contributed by atoms with E-state index in [4.69, 9.17) is 5.11 Å². The van der Waals surface area contributed by atoms with Crippen LogP contribution in [-0.2, 0) is 0 Å². The number of hydrogen-bond donors (Lipinski definition) is 2. The molecule has 0 fully saturated rings. The summed E-state index contributed by atoms with van der Waals surface area (Å²) in [5, 5.41) is 23.2. The molecule has 0 radical (unpaired) electrons. The van der Waals surface area contributed by atoms with Crippen molar-refractivity contribution in [2.75, 3.05) is 18.5 Å². The second-order valence-corrected chi connectivity index (χ2v) is 18.4. The lowest BCUT2D eigenvalue weighted by molar-refractivity contribution is -0.384. The van der Waals surface area contributed by atoms with Gasteiger partial charge in [0.05, 0.1) is 11.5 Å². The second-order valence-electron chi connectivity index (χ2n) is 18.4. The molecule has 0 aliphatic rings. The molecule has 0 spiro atoms. The van der Waals surface area contributed by atoms with Crippen LogP contribution < -0.4 is 5.32 Å². The van der Waals surface area contributed by atoms with Gasteiger partial charge in [0.25, 0.3) is 5.69 Å². The first-order chi connectivity index (χ1) is 30.2. The van der Waals surface area contributed by atoms with Gasteiger partial charge >= 0.3 is 0 Å². The molecule has 1 aromatic carbocycles. The smallest absolute Gasteiger partial charge is 0.269 e. The monoisotopic (exact) mass is 863 g/mol. The molecule has 0 amide bonds. The highest BCUT2D eigenvalue weighted by Crippen LogP contribution is 2.20. The van der Waals surface area contributed by atoms with Gasteiger partial charge in [-0.3, -0.25) is 10.1 Å². The number of anilines is 1. The van der Waals surface area contributed by atoms with Gasteiger partial charge in [0.2, 0.25) is 0 Å². The fourth-order valence-corrected chi connectivity index (χ4v) is 7.39. The normalized spacial score (nSPS) is 14.5. The van der Waals surface area contributed by atoms with E-state index in [1.165, 1.54) is 55.7 Å². The van der Waals surface area contributed by atoms with Crippen LogP contribution in [0.2, 0.25) is 0 Å². The summed E-state index contributed by atoms with van der Waals surface area (Å²) >= 11 is 0. The molecule has 0 heterocycles. The number of nitro groups is 1. The van der Waals surface area contributed by atoms with Crippen molar-refractivity contribution in [3.05, 3.63) is 151 Å². The van der Waals surface area contributed by atoms with Gasteiger partial charge in [-0.1, -0.05) is 116 Å². The zero-order valence-electron chi connectivity index (χ0n) is 41.9. The van der Waals surface area contributed by atoms with Crippen molar-refractivity contribution in [1.29, 1.82) is 0 Å². The molecule has 2 N–H and O–H groups in total. The number of nitro benzene ring substituents is 1. The van der Waals surface area contributed by atoms with Gasteiger partial charge in [-0.05, 0) is 210 Å². The summed E-state index contributed by atoms with van der Waals surface area (Å²) in [6.45, 7) is 23.5. The van der Waals surface area contributed by atoms with Crippen molar-refractivity contribution in [2.24, 2.45) is 0 Å². The van der Waals surface area contributed by atoms with Crippen LogP contribution >= 0.6 is 0 Å². The maximum Gasteiger partial charge on any atom is 0.269 e. The van der Waals surface area contributed by atoms with E-state index in [1.807, 2.05) is 6.08 Å². The van der Waals surface area contributed by atoms with Crippen molar-refractivity contribution < 1.29 is 10.0 Å². The zero-order chi connectivity index (χ0) is 46.7. The van der Waals surface area contributed by atoms with E-state index >= 15 is 0 Å². The molecule has 0 bridgehead atoms. The third-order valence-corrected chi connectivity index (χ3v) is 11.9. The Morgan fingerprint density at radius 3 is 0.905 bits per heavy atom. The average molecular weight is 863 g/mol. The van der Waals surface area contributed by atoms with Gasteiger partial charge in [0.1, 0.15) is 0 Å². The van der Waals surface area contributed by atoms with Crippen LogP contribution in [0.1, 0.15) is 198 Å². The van der Waals surface area contributed by atoms with Crippen LogP contribution in [0.3, 0.4) is 0 Å². The average Bonchev–Trinajstić information content (AvgIpc) is 3.22. The largest absolute Gasteiger partial charge is 0.392 e. The van der Waals surface area contributed by atoms with E-state index < -0.39 is 0 Å². The molecule has 0 aliphatic carbocycles. The summed E-state index contributed by atoms with van der Waals surface area (Å²) in [7, 11) is 0. The maximum absolute atomic E-state index is 10.8. The molecule has 63 heavy (non-hydrogen) atoms. The summed E-state index contributed by atoms with van der Waals surface area (Å²) in [5.74, 6) is 0. The quantitative estimate of drug-likeness (QED) is 0.0313. The summed E-state index contributed by atoms with van der Waals surface area (Å²) in [6, 6.07) is 6.62. The molecule has 0 aromatic heterocycles. The Morgan fingerprint density at radius 2 is 0.667 bits per heavy atom. The molecule has 1 rings (SSSR count). The molecule has 0 unspecified atom stereocenters. The maximum atomic E-state index is 10.8. The summed E-state index contributed by atoms with van der Waals surface area (Å²) in [5.41, 5.74) is 15.7. The molecule has 0 saturated carbocycles. The molecule has 0 saturated heterocycles. The van der Waals surface area contributed by atoms with E-state index in [0.29, 0.717) is 0 Å². The van der Waals surface area contributed by atoms with Gasteiger partial charge in [-0.25, -0.2) is 0 Å². The minimum Gasteiger partial charge on any atom is -0.392 e. The number of non-ortho nitro benzene ring substituents is 1.